The summed E-state index contributed by atoms with van der Waals surface area (Å²) >= 11 is 0. The lowest BCUT2D eigenvalue weighted by Crippen LogP contribution is -1.85. The topological polar surface area (TPSA) is 13.1 Å². The highest BCUT2D eigenvalue weighted by Gasteiger charge is 2.14. The fourth-order valence-electron chi connectivity index (χ4n) is 4.26. The fraction of sp³-hybridized carbons (Fsp3) is 0. The van der Waals surface area contributed by atoms with Gasteiger partial charge in [-0.3, -0.25) is 0 Å². The smallest absolute Gasteiger partial charge is 0.134 e. The first-order chi connectivity index (χ1) is 12.4. The lowest BCUT2D eigenvalue weighted by atomic mass is 9.90. The first-order valence-corrected chi connectivity index (χ1v) is 8.54. The van der Waals surface area contributed by atoms with Crippen LogP contribution in [0.4, 0.5) is 0 Å². The highest BCUT2D eigenvalue weighted by Crippen LogP contribution is 2.41. The molecule has 0 fully saturated rings. The molecular formula is C24H14O. The van der Waals surface area contributed by atoms with Gasteiger partial charge >= 0.3 is 0 Å². The Morgan fingerprint density at radius 1 is 0.440 bits per heavy atom. The number of furan rings is 1. The highest BCUT2D eigenvalue weighted by molar-refractivity contribution is 6.35. The fourth-order valence-corrected chi connectivity index (χ4v) is 4.26. The minimum Gasteiger partial charge on any atom is -0.464 e. The summed E-state index contributed by atoms with van der Waals surface area (Å²) in [5.41, 5.74) is 0.942. The van der Waals surface area contributed by atoms with E-state index in [0.717, 1.165) is 5.58 Å². The first kappa shape index (κ1) is 13.0. The van der Waals surface area contributed by atoms with E-state index in [0.29, 0.717) is 0 Å². The molecule has 1 heterocycles. The summed E-state index contributed by atoms with van der Waals surface area (Å²) in [7, 11) is 0. The molecule has 0 aliphatic carbocycles. The SMILES string of the molecule is c1ccc2c(c1)ccc1c3ccccc3c3ccc4occc4c3c21. The average molecular weight is 318 g/mol. The molecule has 0 saturated heterocycles. The van der Waals surface area contributed by atoms with Crippen molar-refractivity contribution in [1.82, 2.24) is 0 Å². The highest BCUT2D eigenvalue weighted by atomic mass is 16.3. The van der Waals surface area contributed by atoms with Gasteiger partial charge in [-0.05, 0) is 55.9 Å². The minimum atomic E-state index is 0.942. The van der Waals surface area contributed by atoms with Gasteiger partial charge < -0.3 is 4.42 Å². The molecule has 0 aliphatic heterocycles. The number of hydrogen-bond donors (Lipinski definition) is 0. The van der Waals surface area contributed by atoms with Crippen LogP contribution < -0.4 is 0 Å². The number of hydrogen-bond acceptors (Lipinski definition) is 1. The molecule has 0 N–H and O–H groups in total. The summed E-state index contributed by atoms with van der Waals surface area (Å²) in [4.78, 5) is 0. The van der Waals surface area contributed by atoms with Crippen molar-refractivity contribution in [2.75, 3.05) is 0 Å². The van der Waals surface area contributed by atoms with Crippen LogP contribution in [0.25, 0.3) is 54.1 Å². The molecule has 1 aromatic heterocycles. The molecule has 0 radical (unpaired) electrons. The van der Waals surface area contributed by atoms with E-state index in [9.17, 15) is 0 Å². The Bertz CT molecular complexity index is 1440. The van der Waals surface area contributed by atoms with Gasteiger partial charge in [0.15, 0.2) is 0 Å². The predicted octanol–water partition coefficient (Wildman–Crippen LogP) is 7.05. The van der Waals surface area contributed by atoms with Gasteiger partial charge in [0, 0.05) is 10.8 Å². The second-order valence-corrected chi connectivity index (χ2v) is 6.58. The van der Waals surface area contributed by atoms with Crippen molar-refractivity contribution in [3.05, 3.63) is 85.1 Å². The summed E-state index contributed by atoms with van der Waals surface area (Å²) in [6, 6.07) is 28.2. The molecule has 116 valence electrons. The number of rotatable bonds is 0. The summed E-state index contributed by atoms with van der Waals surface area (Å²) in [5, 5.41) is 11.5. The molecule has 6 aromatic rings. The number of benzene rings is 5. The van der Waals surface area contributed by atoms with E-state index >= 15 is 0 Å². The average Bonchev–Trinajstić information content (AvgIpc) is 3.16. The molecule has 0 spiro atoms. The van der Waals surface area contributed by atoms with Crippen LogP contribution in [0.1, 0.15) is 0 Å². The third-order valence-electron chi connectivity index (χ3n) is 5.32. The third kappa shape index (κ3) is 1.62. The van der Waals surface area contributed by atoms with Gasteiger partial charge in [0.25, 0.3) is 0 Å². The van der Waals surface area contributed by atoms with Crippen LogP contribution in [-0.4, -0.2) is 0 Å². The van der Waals surface area contributed by atoms with Crippen molar-refractivity contribution >= 4 is 54.1 Å². The zero-order chi connectivity index (χ0) is 16.4. The summed E-state index contributed by atoms with van der Waals surface area (Å²) in [6.45, 7) is 0. The molecule has 1 nitrogen and oxygen atoms in total. The maximum absolute atomic E-state index is 5.70. The van der Waals surface area contributed by atoms with Gasteiger partial charge in [0.1, 0.15) is 5.58 Å². The Morgan fingerprint density at radius 2 is 1.08 bits per heavy atom. The Morgan fingerprint density at radius 3 is 1.88 bits per heavy atom. The van der Waals surface area contributed by atoms with Crippen molar-refractivity contribution in [3.63, 3.8) is 0 Å². The summed E-state index contributed by atoms with van der Waals surface area (Å²) in [6.07, 6.45) is 1.79. The molecule has 0 atom stereocenters. The van der Waals surface area contributed by atoms with Crippen LogP contribution in [-0.2, 0) is 0 Å². The van der Waals surface area contributed by atoms with Crippen molar-refractivity contribution in [2.24, 2.45) is 0 Å². The summed E-state index contributed by atoms with van der Waals surface area (Å²) < 4.78 is 5.70. The Hall–Kier alpha value is -3.32. The van der Waals surface area contributed by atoms with Crippen LogP contribution in [0.15, 0.2) is 89.5 Å². The zero-order valence-corrected chi connectivity index (χ0v) is 13.5. The maximum Gasteiger partial charge on any atom is 0.134 e. The van der Waals surface area contributed by atoms with E-state index in [2.05, 4.69) is 78.9 Å². The molecular weight excluding hydrogens is 304 g/mol. The van der Waals surface area contributed by atoms with E-state index in [1.807, 2.05) is 0 Å². The molecule has 6 rings (SSSR count). The van der Waals surface area contributed by atoms with E-state index in [1.54, 1.807) is 6.26 Å². The number of fused-ring (bicyclic) bond motifs is 10. The molecule has 5 aromatic carbocycles. The monoisotopic (exact) mass is 318 g/mol. The molecule has 0 amide bonds. The van der Waals surface area contributed by atoms with Crippen LogP contribution >= 0.6 is 0 Å². The first-order valence-electron chi connectivity index (χ1n) is 8.54. The van der Waals surface area contributed by atoms with Crippen molar-refractivity contribution in [2.45, 2.75) is 0 Å². The van der Waals surface area contributed by atoms with Crippen molar-refractivity contribution < 1.29 is 4.42 Å². The van der Waals surface area contributed by atoms with E-state index in [-0.39, 0.29) is 0 Å². The van der Waals surface area contributed by atoms with E-state index in [1.165, 1.54) is 48.5 Å². The van der Waals surface area contributed by atoms with Gasteiger partial charge in [-0.2, -0.15) is 0 Å². The normalized spacial score (nSPS) is 12.0. The molecule has 0 bridgehead atoms. The summed E-state index contributed by atoms with van der Waals surface area (Å²) in [5.74, 6) is 0. The lowest BCUT2D eigenvalue weighted by Gasteiger charge is -2.13. The van der Waals surface area contributed by atoms with Gasteiger partial charge in [-0.25, -0.2) is 0 Å². The van der Waals surface area contributed by atoms with Crippen LogP contribution in [0.2, 0.25) is 0 Å². The molecule has 1 heteroatoms. The Kier molecular flexibility index (Phi) is 2.40. The maximum atomic E-state index is 5.70. The zero-order valence-electron chi connectivity index (χ0n) is 13.5. The minimum absolute atomic E-state index is 0.942. The van der Waals surface area contributed by atoms with Gasteiger partial charge in [0.2, 0.25) is 0 Å². The van der Waals surface area contributed by atoms with Gasteiger partial charge in [-0.1, -0.05) is 60.7 Å². The molecule has 0 aliphatic rings. The van der Waals surface area contributed by atoms with Crippen LogP contribution in [0, 0.1) is 0 Å². The van der Waals surface area contributed by atoms with E-state index in [4.69, 9.17) is 4.42 Å². The van der Waals surface area contributed by atoms with Crippen molar-refractivity contribution in [3.8, 4) is 0 Å². The second kappa shape index (κ2) is 4.61. The van der Waals surface area contributed by atoms with Crippen LogP contribution in [0.3, 0.4) is 0 Å². The van der Waals surface area contributed by atoms with Gasteiger partial charge in [-0.15, -0.1) is 0 Å². The predicted molar refractivity (Wildman–Crippen MR) is 106 cm³/mol. The lowest BCUT2D eigenvalue weighted by molar-refractivity contribution is 0.616. The Balaban J connectivity index is 2.10. The largest absolute Gasteiger partial charge is 0.464 e. The standard InChI is InChI=1S/C24H14O/c1-2-6-16-15(5-1)9-10-19-17-7-3-4-8-18(17)20-11-12-22-21(13-14-25-22)24(20)23(16)19/h1-14H. The Labute approximate surface area is 144 Å². The van der Waals surface area contributed by atoms with Crippen molar-refractivity contribution in [1.29, 1.82) is 0 Å². The molecule has 0 unspecified atom stereocenters. The third-order valence-corrected chi connectivity index (χ3v) is 5.32. The molecule has 0 saturated carbocycles. The van der Waals surface area contributed by atoms with Gasteiger partial charge in [0.05, 0.1) is 6.26 Å². The van der Waals surface area contributed by atoms with E-state index < -0.39 is 0 Å². The molecule has 25 heavy (non-hydrogen) atoms. The van der Waals surface area contributed by atoms with Crippen LogP contribution in [0.5, 0.6) is 0 Å². The quantitative estimate of drug-likeness (QED) is 0.274. The second-order valence-electron chi connectivity index (χ2n) is 6.58.